The van der Waals surface area contributed by atoms with Crippen LogP contribution in [0.3, 0.4) is 0 Å². The lowest BCUT2D eigenvalue weighted by Gasteiger charge is -2.34. The summed E-state index contributed by atoms with van der Waals surface area (Å²) in [5.41, 5.74) is 1.67. The standard InChI is InChI=1S/C23H23BrFN3O4S/c1-2-32-23(31)17-18(12-3-5-13(6-4-12)22(29)30)27-20(21-26-9-10-33-21)28-19(17)15-8-7-14(25)11-16(15)24/h7-13,19H,2-6H2,1H3,(H,27,28)(H,29,30). The zero-order valence-electron chi connectivity index (χ0n) is 17.9. The Hall–Kier alpha value is -2.59. The minimum Gasteiger partial charge on any atom is -0.481 e. The van der Waals surface area contributed by atoms with Crippen molar-refractivity contribution in [3.8, 4) is 0 Å². The summed E-state index contributed by atoms with van der Waals surface area (Å²) in [5, 5.41) is 15.2. The zero-order chi connectivity index (χ0) is 23.5. The number of halogens is 2. The first-order valence-electron chi connectivity index (χ1n) is 10.7. The second-order valence-electron chi connectivity index (χ2n) is 7.94. The van der Waals surface area contributed by atoms with Gasteiger partial charge in [0, 0.05) is 21.7 Å². The molecule has 1 aromatic carbocycles. The molecule has 2 aliphatic rings. The Balaban J connectivity index is 1.82. The zero-order valence-corrected chi connectivity index (χ0v) is 20.3. The molecule has 1 unspecified atom stereocenters. The van der Waals surface area contributed by atoms with Crippen LogP contribution in [0.15, 0.2) is 50.5 Å². The van der Waals surface area contributed by atoms with Gasteiger partial charge in [0.15, 0.2) is 10.8 Å². The van der Waals surface area contributed by atoms with Crippen molar-refractivity contribution in [1.82, 2.24) is 10.3 Å². The van der Waals surface area contributed by atoms with E-state index in [1.54, 1.807) is 19.2 Å². The van der Waals surface area contributed by atoms with Crippen molar-refractivity contribution in [2.24, 2.45) is 16.8 Å². The number of carboxylic acid groups (broad SMARTS) is 1. The number of amidine groups is 1. The molecule has 4 rings (SSSR count). The monoisotopic (exact) mass is 535 g/mol. The third kappa shape index (κ3) is 5.01. The quantitative estimate of drug-likeness (QED) is 0.513. The van der Waals surface area contributed by atoms with Gasteiger partial charge in [-0.25, -0.2) is 14.2 Å². The van der Waals surface area contributed by atoms with Gasteiger partial charge in [-0.1, -0.05) is 22.0 Å². The molecule has 0 amide bonds. The molecule has 2 N–H and O–H groups in total. The Kier molecular flexibility index (Phi) is 7.23. The second kappa shape index (κ2) is 10.1. The molecule has 174 valence electrons. The molecule has 7 nitrogen and oxygen atoms in total. The van der Waals surface area contributed by atoms with E-state index in [0.29, 0.717) is 57.8 Å². The molecule has 1 saturated carbocycles. The summed E-state index contributed by atoms with van der Waals surface area (Å²) >= 11 is 4.84. The van der Waals surface area contributed by atoms with Crippen molar-refractivity contribution in [3.63, 3.8) is 0 Å². The molecule has 33 heavy (non-hydrogen) atoms. The number of aliphatic imine (C=N–C) groups is 1. The van der Waals surface area contributed by atoms with Gasteiger partial charge in [-0.05, 0) is 56.2 Å². The van der Waals surface area contributed by atoms with Crippen LogP contribution < -0.4 is 5.32 Å². The van der Waals surface area contributed by atoms with Crippen LogP contribution in [0.5, 0.6) is 0 Å². The number of hydrogen-bond donors (Lipinski definition) is 2. The molecule has 0 saturated heterocycles. The lowest BCUT2D eigenvalue weighted by atomic mass is 9.78. The lowest BCUT2D eigenvalue weighted by Crippen LogP contribution is -2.38. The molecule has 0 radical (unpaired) electrons. The van der Waals surface area contributed by atoms with Gasteiger partial charge < -0.3 is 15.2 Å². The van der Waals surface area contributed by atoms with Crippen LogP contribution in [0.1, 0.15) is 49.2 Å². The Morgan fingerprint density at radius 2 is 2.06 bits per heavy atom. The largest absolute Gasteiger partial charge is 0.481 e. The summed E-state index contributed by atoms with van der Waals surface area (Å²) in [5.74, 6) is -1.61. The van der Waals surface area contributed by atoms with Gasteiger partial charge in [-0.3, -0.25) is 9.79 Å². The summed E-state index contributed by atoms with van der Waals surface area (Å²) in [7, 11) is 0. The summed E-state index contributed by atoms with van der Waals surface area (Å²) in [6, 6.07) is 3.56. The highest BCUT2D eigenvalue weighted by Crippen LogP contribution is 2.42. The normalized spacial score (nSPS) is 23.0. The van der Waals surface area contributed by atoms with Crippen LogP contribution in [0.25, 0.3) is 0 Å². The summed E-state index contributed by atoms with van der Waals surface area (Å²) < 4.78 is 19.7. The Labute approximate surface area is 202 Å². The number of nitrogens with one attached hydrogen (secondary N) is 1. The molecule has 1 atom stereocenters. The van der Waals surface area contributed by atoms with E-state index in [9.17, 15) is 19.1 Å². The van der Waals surface area contributed by atoms with E-state index in [0.717, 1.165) is 0 Å². The molecule has 0 spiro atoms. The third-order valence-electron chi connectivity index (χ3n) is 5.95. The van der Waals surface area contributed by atoms with Gasteiger partial charge in [0.2, 0.25) is 0 Å². The highest BCUT2D eigenvalue weighted by atomic mass is 79.9. The van der Waals surface area contributed by atoms with E-state index in [-0.39, 0.29) is 18.4 Å². The van der Waals surface area contributed by atoms with E-state index in [4.69, 9.17) is 9.73 Å². The van der Waals surface area contributed by atoms with Crippen molar-refractivity contribution < 1.29 is 23.8 Å². The predicted octanol–water partition coefficient (Wildman–Crippen LogP) is 4.84. The predicted molar refractivity (Wildman–Crippen MR) is 125 cm³/mol. The van der Waals surface area contributed by atoms with Crippen LogP contribution in [0.2, 0.25) is 0 Å². The van der Waals surface area contributed by atoms with Crippen LogP contribution in [-0.4, -0.2) is 34.5 Å². The van der Waals surface area contributed by atoms with Crippen LogP contribution in [0, 0.1) is 17.7 Å². The SMILES string of the molecule is CCOC(=O)C1=C(C2CCC(C(=O)O)CC2)NC(c2nccs2)=NC1c1ccc(F)cc1Br. The smallest absolute Gasteiger partial charge is 0.338 e. The Bertz CT molecular complexity index is 1110. The molecular weight excluding hydrogens is 513 g/mol. The number of hydrogen-bond acceptors (Lipinski definition) is 7. The first-order chi connectivity index (χ1) is 15.9. The molecule has 0 bridgehead atoms. The van der Waals surface area contributed by atoms with E-state index in [1.807, 2.05) is 5.38 Å². The Morgan fingerprint density at radius 3 is 2.67 bits per heavy atom. The lowest BCUT2D eigenvalue weighted by molar-refractivity contribution is -0.143. The maximum Gasteiger partial charge on any atom is 0.338 e. The first-order valence-corrected chi connectivity index (χ1v) is 12.4. The molecule has 2 aromatic rings. The topological polar surface area (TPSA) is 101 Å². The average Bonchev–Trinajstić information content (AvgIpc) is 3.33. The number of nitrogens with zero attached hydrogens (tertiary/aromatic N) is 2. The second-order valence-corrected chi connectivity index (χ2v) is 9.69. The molecule has 1 aromatic heterocycles. The van der Waals surface area contributed by atoms with E-state index >= 15 is 0 Å². The first kappa shape index (κ1) is 23.6. The van der Waals surface area contributed by atoms with Crippen molar-refractivity contribution in [3.05, 3.63) is 61.9 Å². The molecule has 2 heterocycles. The summed E-state index contributed by atoms with van der Waals surface area (Å²) in [6.45, 7) is 1.93. The third-order valence-corrected chi connectivity index (χ3v) is 7.41. The number of carbonyl (C=O) groups is 2. The highest BCUT2D eigenvalue weighted by Gasteiger charge is 2.38. The molecule has 1 aliphatic carbocycles. The number of thiazole rings is 1. The van der Waals surface area contributed by atoms with Crippen molar-refractivity contribution in [2.75, 3.05) is 6.61 Å². The van der Waals surface area contributed by atoms with Crippen molar-refractivity contribution >= 4 is 45.0 Å². The van der Waals surface area contributed by atoms with Crippen molar-refractivity contribution in [1.29, 1.82) is 0 Å². The fourth-order valence-corrected chi connectivity index (χ4v) is 5.50. The molecule has 1 fully saturated rings. The van der Waals surface area contributed by atoms with Gasteiger partial charge in [0.25, 0.3) is 0 Å². The molecule has 1 aliphatic heterocycles. The number of carbonyl (C=O) groups excluding carboxylic acids is 1. The van der Waals surface area contributed by atoms with Crippen LogP contribution >= 0.6 is 27.3 Å². The number of benzene rings is 1. The number of carboxylic acids is 1. The number of allylic oxidation sites excluding steroid dienone is 1. The van der Waals surface area contributed by atoms with Crippen LogP contribution in [-0.2, 0) is 14.3 Å². The molecular formula is C23H23BrFN3O4S. The fourth-order valence-electron chi connectivity index (χ4n) is 4.35. The summed E-state index contributed by atoms with van der Waals surface area (Å²) in [4.78, 5) is 33.8. The van der Waals surface area contributed by atoms with Gasteiger partial charge in [-0.15, -0.1) is 11.3 Å². The number of rotatable bonds is 6. The minimum absolute atomic E-state index is 0.0628. The van der Waals surface area contributed by atoms with E-state index in [2.05, 4.69) is 26.2 Å². The van der Waals surface area contributed by atoms with Gasteiger partial charge in [0.1, 0.15) is 11.9 Å². The van der Waals surface area contributed by atoms with Crippen molar-refractivity contribution in [2.45, 2.75) is 38.6 Å². The fraction of sp³-hybridized carbons (Fsp3) is 0.391. The minimum atomic E-state index is -0.789. The number of aliphatic carboxylic acids is 1. The number of aromatic nitrogens is 1. The summed E-state index contributed by atoms with van der Waals surface area (Å²) in [6.07, 6.45) is 3.95. The number of esters is 1. The van der Waals surface area contributed by atoms with Gasteiger partial charge >= 0.3 is 11.9 Å². The maximum atomic E-state index is 13.8. The van der Waals surface area contributed by atoms with Crippen LogP contribution in [0.4, 0.5) is 4.39 Å². The maximum absolute atomic E-state index is 13.8. The van der Waals surface area contributed by atoms with Gasteiger partial charge in [0.05, 0.1) is 18.1 Å². The molecule has 10 heteroatoms. The highest BCUT2D eigenvalue weighted by molar-refractivity contribution is 9.10. The number of ether oxygens (including phenoxy) is 1. The van der Waals surface area contributed by atoms with E-state index in [1.165, 1.54) is 23.5 Å². The average molecular weight is 536 g/mol. The van der Waals surface area contributed by atoms with Gasteiger partial charge in [-0.2, -0.15) is 0 Å². The van der Waals surface area contributed by atoms with E-state index < -0.39 is 23.8 Å². The Morgan fingerprint density at radius 1 is 1.30 bits per heavy atom.